The number of hydrogen-bond acceptors (Lipinski definition) is 2. The normalized spacial score (nSPS) is 16.3. The Morgan fingerprint density at radius 3 is 2.70 bits per heavy atom. The van der Waals surface area contributed by atoms with Crippen molar-refractivity contribution in [2.24, 2.45) is 0 Å². The van der Waals surface area contributed by atoms with E-state index in [2.05, 4.69) is 55.6 Å². The zero-order valence-electron chi connectivity index (χ0n) is 12.4. The minimum atomic E-state index is 0.528. The van der Waals surface area contributed by atoms with Crippen molar-refractivity contribution in [2.45, 2.75) is 51.6 Å². The number of nitrogens with one attached hydrogen (secondary N) is 1. The fraction of sp³-hybridized carbons (Fsp3) is 0.444. The summed E-state index contributed by atoms with van der Waals surface area (Å²) in [6, 6.07) is 13.9. The molecule has 0 radical (unpaired) electrons. The molecule has 1 aliphatic rings. The average Bonchev–Trinajstić information content (AvgIpc) is 3.21. The third-order valence-corrected chi connectivity index (χ3v) is 5.04. The molecule has 3 rings (SSSR count). The first-order valence-electron chi connectivity index (χ1n) is 7.59. The molecule has 1 aliphatic carbocycles. The third kappa shape index (κ3) is 3.50. The maximum atomic E-state index is 3.69. The van der Waals surface area contributed by atoms with E-state index in [9.17, 15) is 0 Å². The Bertz CT molecular complexity index is 568. The Hall–Kier alpha value is -1.12. The molecule has 0 amide bonds. The Balaban J connectivity index is 1.56. The largest absolute Gasteiger partial charge is 0.310 e. The summed E-state index contributed by atoms with van der Waals surface area (Å²) in [5.41, 5.74) is 3.06. The van der Waals surface area contributed by atoms with Gasteiger partial charge in [-0.15, -0.1) is 11.3 Å². The molecule has 1 unspecified atom stereocenters. The van der Waals surface area contributed by atoms with E-state index in [4.69, 9.17) is 0 Å². The molecule has 106 valence electrons. The molecule has 0 spiro atoms. The van der Waals surface area contributed by atoms with Crippen LogP contribution < -0.4 is 5.32 Å². The van der Waals surface area contributed by atoms with Gasteiger partial charge in [0.15, 0.2) is 0 Å². The summed E-state index contributed by atoms with van der Waals surface area (Å²) in [5, 5.41) is 3.69. The summed E-state index contributed by atoms with van der Waals surface area (Å²) < 4.78 is 0. The Kier molecular flexibility index (Phi) is 4.23. The summed E-state index contributed by atoms with van der Waals surface area (Å²) in [6.07, 6.45) is 3.88. The van der Waals surface area contributed by atoms with Gasteiger partial charge in [-0.2, -0.15) is 0 Å². The number of rotatable bonds is 6. The van der Waals surface area contributed by atoms with E-state index in [1.54, 1.807) is 5.56 Å². The second-order valence-electron chi connectivity index (χ2n) is 5.97. The maximum Gasteiger partial charge on any atom is 0.0210 e. The fourth-order valence-electron chi connectivity index (χ4n) is 2.74. The minimum absolute atomic E-state index is 0.528. The van der Waals surface area contributed by atoms with Crippen LogP contribution in [0, 0.1) is 6.92 Å². The molecular weight excluding hydrogens is 262 g/mol. The Labute approximate surface area is 126 Å². The van der Waals surface area contributed by atoms with Gasteiger partial charge in [0, 0.05) is 22.3 Å². The van der Waals surface area contributed by atoms with Crippen LogP contribution in [0.25, 0.3) is 0 Å². The first-order chi connectivity index (χ1) is 9.72. The van der Waals surface area contributed by atoms with Gasteiger partial charge in [0.2, 0.25) is 0 Å². The van der Waals surface area contributed by atoms with Crippen molar-refractivity contribution < 1.29 is 0 Å². The van der Waals surface area contributed by atoms with Crippen molar-refractivity contribution in [3.63, 3.8) is 0 Å². The molecule has 0 aliphatic heterocycles. The van der Waals surface area contributed by atoms with Crippen molar-refractivity contribution in [3.05, 3.63) is 57.3 Å². The van der Waals surface area contributed by atoms with Crippen molar-refractivity contribution >= 4 is 11.3 Å². The molecule has 2 heteroatoms. The highest BCUT2D eigenvalue weighted by Crippen LogP contribution is 2.41. The zero-order valence-corrected chi connectivity index (χ0v) is 13.2. The molecule has 2 aromatic rings. The lowest BCUT2D eigenvalue weighted by Crippen LogP contribution is -2.27. The van der Waals surface area contributed by atoms with Gasteiger partial charge in [-0.05, 0) is 62.3 Å². The van der Waals surface area contributed by atoms with Crippen LogP contribution >= 0.6 is 11.3 Å². The van der Waals surface area contributed by atoms with E-state index >= 15 is 0 Å². The van der Waals surface area contributed by atoms with E-state index in [0.29, 0.717) is 6.04 Å². The highest BCUT2D eigenvalue weighted by Gasteiger charge is 2.25. The molecule has 1 atom stereocenters. The second kappa shape index (κ2) is 6.11. The zero-order chi connectivity index (χ0) is 13.9. The third-order valence-electron chi connectivity index (χ3n) is 4.02. The van der Waals surface area contributed by atoms with Gasteiger partial charge in [0.05, 0.1) is 0 Å². The smallest absolute Gasteiger partial charge is 0.0210 e. The fourth-order valence-corrected chi connectivity index (χ4v) is 3.76. The standard InChI is InChI=1S/C18H23NS/c1-13(11-17-10-7-14(2)20-17)19-12-16-5-3-4-6-18(16)15-8-9-15/h3-7,10,13,15,19H,8-9,11-12H2,1-2H3. The van der Waals surface area contributed by atoms with Crippen molar-refractivity contribution in [2.75, 3.05) is 0 Å². The molecule has 1 N–H and O–H groups in total. The van der Waals surface area contributed by atoms with Crippen LogP contribution in [-0.4, -0.2) is 6.04 Å². The predicted octanol–water partition coefficient (Wildman–Crippen LogP) is 4.65. The monoisotopic (exact) mass is 285 g/mol. The molecule has 0 bridgehead atoms. The molecule has 0 saturated heterocycles. The summed E-state index contributed by atoms with van der Waals surface area (Å²) in [6.45, 7) is 5.46. The molecule has 1 nitrogen and oxygen atoms in total. The van der Waals surface area contributed by atoms with Gasteiger partial charge in [-0.25, -0.2) is 0 Å². The lowest BCUT2D eigenvalue weighted by molar-refractivity contribution is 0.547. The SMILES string of the molecule is Cc1ccc(CC(C)NCc2ccccc2C2CC2)s1. The van der Waals surface area contributed by atoms with E-state index in [0.717, 1.165) is 18.9 Å². The summed E-state index contributed by atoms with van der Waals surface area (Å²) in [5.74, 6) is 0.836. The molecular formula is C18H23NS. The summed E-state index contributed by atoms with van der Waals surface area (Å²) in [4.78, 5) is 2.89. The van der Waals surface area contributed by atoms with Gasteiger partial charge in [0.1, 0.15) is 0 Å². The van der Waals surface area contributed by atoms with E-state index in [1.807, 2.05) is 11.3 Å². The van der Waals surface area contributed by atoms with E-state index in [-0.39, 0.29) is 0 Å². The van der Waals surface area contributed by atoms with Crippen LogP contribution in [0.2, 0.25) is 0 Å². The first kappa shape index (κ1) is 13.8. The van der Waals surface area contributed by atoms with Crippen LogP contribution in [0.3, 0.4) is 0 Å². The number of hydrogen-bond donors (Lipinski definition) is 1. The highest BCUT2D eigenvalue weighted by molar-refractivity contribution is 7.11. The summed E-state index contributed by atoms with van der Waals surface area (Å²) in [7, 11) is 0. The van der Waals surface area contributed by atoms with Crippen LogP contribution in [0.15, 0.2) is 36.4 Å². The Morgan fingerprint density at radius 1 is 1.20 bits per heavy atom. The highest BCUT2D eigenvalue weighted by atomic mass is 32.1. The molecule has 1 fully saturated rings. The van der Waals surface area contributed by atoms with Crippen molar-refractivity contribution in [3.8, 4) is 0 Å². The van der Waals surface area contributed by atoms with Crippen LogP contribution in [-0.2, 0) is 13.0 Å². The number of aryl methyl sites for hydroxylation is 1. The van der Waals surface area contributed by atoms with Gasteiger partial charge >= 0.3 is 0 Å². The first-order valence-corrected chi connectivity index (χ1v) is 8.40. The molecule has 1 aromatic carbocycles. The number of thiophene rings is 1. The van der Waals surface area contributed by atoms with Gasteiger partial charge < -0.3 is 5.32 Å². The lowest BCUT2D eigenvalue weighted by atomic mass is 10.0. The van der Waals surface area contributed by atoms with Gasteiger partial charge in [0.25, 0.3) is 0 Å². The van der Waals surface area contributed by atoms with Crippen LogP contribution in [0.4, 0.5) is 0 Å². The molecule has 1 heterocycles. The number of benzene rings is 1. The topological polar surface area (TPSA) is 12.0 Å². The summed E-state index contributed by atoms with van der Waals surface area (Å²) >= 11 is 1.92. The van der Waals surface area contributed by atoms with E-state index in [1.165, 1.54) is 28.2 Å². The Morgan fingerprint density at radius 2 is 2.00 bits per heavy atom. The van der Waals surface area contributed by atoms with Crippen LogP contribution in [0.1, 0.15) is 46.6 Å². The average molecular weight is 285 g/mol. The molecule has 1 aromatic heterocycles. The van der Waals surface area contributed by atoms with E-state index < -0.39 is 0 Å². The predicted molar refractivity (Wildman–Crippen MR) is 87.5 cm³/mol. The quantitative estimate of drug-likeness (QED) is 0.814. The van der Waals surface area contributed by atoms with Crippen molar-refractivity contribution in [1.82, 2.24) is 5.32 Å². The minimum Gasteiger partial charge on any atom is -0.310 e. The van der Waals surface area contributed by atoms with Gasteiger partial charge in [-0.1, -0.05) is 24.3 Å². The van der Waals surface area contributed by atoms with Crippen LogP contribution in [0.5, 0.6) is 0 Å². The molecule has 20 heavy (non-hydrogen) atoms. The molecule has 1 saturated carbocycles. The second-order valence-corrected chi connectivity index (χ2v) is 7.34. The van der Waals surface area contributed by atoms with Gasteiger partial charge in [-0.3, -0.25) is 0 Å². The maximum absolute atomic E-state index is 3.69. The van der Waals surface area contributed by atoms with Crippen molar-refractivity contribution in [1.29, 1.82) is 0 Å². The lowest BCUT2D eigenvalue weighted by Gasteiger charge is -2.15.